The van der Waals surface area contributed by atoms with Crippen LogP contribution < -0.4 is 5.32 Å². The van der Waals surface area contributed by atoms with E-state index in [1.165, 1.54) is 25.7 Å². The van der Waals surface area contributed by atoms with Crippen LogP contribution in [0.25, 0.3) is 0 Å². The van der Waals surface area contributed by atoms with Crippen LogP contribution in [0.1, 0.15) is 46.5 Å². The summed E-state index contributed by atoms with van der Waals surface area (Å²) < 4.78 is 5.84. The molecular formula is C15H30N2O. The molecular weight excluding hydrogens is 224 g/mol. The normalized spacial score (nSPS) is 43.0. The molecule has 1 saturated heterocycles. The summed E-state index contributed by atoms with van der Waals surface area (Å²) in [5, 5.41) is 3.55. The van der Waals surface area contributed by atoms with Crippen molar-refractivity contribution in [3.63, 3.8) is 0 Å². The lowest BCUT2D eigenvalue weighted by Gasteiger charge is -2.48. The van der Waals surface area contributed by atoms with Gasteiger partial charge in [0.05, 0.1) is 12.7 Å². The van der Waals surface area contributed by atoms with Crippen molar-refractivity contribution in [2.75, 3.05) is 20.2 Å². The Labute approximate surface area is 112 Å². The molecule has 5 unspecified atom stereocenters. The smallest absolute Gasteiger partial charge is 0.0674 e. The highest BCUT2D eigenvalue weighted by Crippen LogP contribution is 2.31. The van der Waals surface area contributed by atoms with Crippen molar-refractivity contribution in [3.05, 3.63) is 0 Å². The predicted octanol–water partition coefficient (Wildman–Crippen LogP) is 2.26. The molecule has 1 N–H and O–H groups in total. The Morgan fingerprint density at radius 2 is 2.06 bits per heavy atom. The van der Waals surface area contributed by atoms with Gasteiger partial charge in [0.2, 0.25) is 0 Å². The zero-order valence-corrected chi connectivity index (χ0v) is 12.5. The van der Waals surface area contributed by atoms with Crippen LogP contribution >= 0.6 is 0 Å². The summed E-state index contributed by atoms with van der Waals surface area (Å²) in [4.78, 5) is 2.74. The molecule has 2 aliphatic rings. The molecule has 1 aliphatic carbocycles. The molecule has 0 aromatic heterocycles. The first-order valence-electron chi connectivity index (χ1n) is 7.70. The Morgan fingerprint density at radius 3 is 2.72 bits per heavy atom. The second kappa shape index (κ2) is 6.36. The Bertz CT molecular complexity index is 233. The first-order valence-corrected chi connectivity index (χ1v) is 7.70. The maximum Gasteiger partial charge on any atom is 0.0674 e. The molecule has 3 nitrogen and oxygen atoms in total. The van der Waals surface area contributed by atoms with Gasteiger partial charge < -0.3 is 10.1 Å². The molecule has 18 heavy (non-hydrogen) atoms. The zero-order chi connectivity index (χ0) is 13.1. The van der Waals surface area contributed by atoms with Gasteiger partial charge in [-0.2, -0.15) is 0 Å². The van der Waals surface area contributed by atoms with Crippen molar-refractivity contribution >= 4 is 0 Å². The molecule has 1 heterocycles. The Morgan fingerprint density at radius 1 is 1.28 bits per heavy atom. The molecule has 0 aromatic rings. The molecule has 3 heteroatoms. The van der Waals surface area contributed by atoms with E-state index in [0.717, 1.165) is 19.1 Å². The summed E-state index contributed by atoms with van der Waals surface area (Å²) in [6, 6.07) is 1.99. The van der Waals surface area contributed by atoms with Crippen LogP contribution in [-0.2, 0) is 4.74 Å². The maximum absolute atomic E-state index is 5.84. The van der Waals surface area contributed by atoms with Crippen LogP contribution in [0, 0.1) is 5.92 Å². The molecule has 1 aliphatic heterocycles. The molecule has 2 fully saturated rings. The summed E-state index contributed by atoms with van der Waals surface area (Å²) in [5.74, 6) is 0.871. The average molecular weight is 254 g/mol. The fourth-order valence-corrected chi connectivity index (χ4v) is 3.68. The van der Waals surface area contributed by atoms with Gasteiger partial charge in [0.1, 0.15) is 0 Å². The van der Waals surface area contributed by atoms with Crippen molar-refractivity contribution in [2.45, 2.75) is 70.7 Å². The number of nitrogens with zero attached hydrogens (tertiary/aromatic N) is 1. The summed E-state index contributed by atoms with van der Waals surface area (Å²) in [6.07, 6.45) is 5.63. The highest BCUT2D eigenvalue weighted by atomic mass is 16.5. The number of morpholine rings is 1. The zero-order valence-electron chi connectivity index (χ0n) is 12.5. The quantitative estimate of drug-likeness (QED) is 0.836. The number of rotatable bonds is 3. The van der Waals surface area contributed by atoms with Crippen LogP contribution in [0.3, 0.4) is 0 Å². The summed E-state index contributed by atoms with van der Waals surface area (Å²) in [5.41, 5.74) is 0. The van der Waals surface area contributed by atoms with Crippen LogP contribution in [0.4, 0.5) is 0 Å². The van der Waals surface area contributed by atoms with E-state index < -0.39 is 0 Å². The minimum Gasteiger partial charge on any atom is -0.376 e. The Hall–Kier alpha value is -0.120. The third kappa shape index (κ3) is 3.06. The fourth-order valence-electron chi connectivity index (χ4n) is 3.68. The molecule has 0 spiro atoms. The van der Waals surface area contributed by atoms with Crippen molar-refractivity contribution in [2.24, 2.45) is 5.92 Å². The standard InChI is InChI=1S/C15H30N2O/c1-5-13-10-18-12(3)9-17(13)15-8-11(2)6-7-14(15)16-4/h11-16H,5-10H2,1-4H3. The topological polar surface area (TPSA) is 24.5 Å². The number of nitrogens with one attached hydrogen (secondary N) is 1. The number of likely N-dealkylation sites (N-methyl/N-ethyl adjacent to an activating group) is 1. The van der Waals surface area contributed by atoms with E-state index in [1.807, 2.05) is 0 Å². The van der Waals surface area contributed by atoms with Crippen molar-refractivity contribution in [1.82, 2.24) is 10.2 Å². The van der Waals surface area contributed by atoms with E-state index in [-0.39, 0.29) is 0 Å². The maximum atomic E-state index is 5.84. The first kappa shape index (κ1) is 14.3. The Balaban J connectivity index is 2.09. The first-order chi connectivity index (χ1) is 8.65. The lowest BCUT2D eigenvalue weighted by molar-refractivity contribution is -0.0850. The van der Waals surface area contributed by atoms with Crippen LogP contribution in [0.15, 0.2) is 0 Å². The number of hydrogen-bond acceptors (Lipinski definition) is 3. The predicted molar refractivity (Wildman–Crippen MR) is 75.8 cm³/mol. The molecule has 0 amide bonds. The molecule has 0 radical (unpaired) electrons. The van der Waals surface area contributed by atoms with Crippen molar-refractivity contribution < 1.29 is 4.74 Å². The monoisotopic (exact) mass is 254 g/mol. The summed E-state index contributed by atoms with van der Waals surface area (Å²) >= 11 is 0. The van der Waals surface area contributed by atoms with Crippen LogP contribution in [0.2, 0.25) is 0 Å². The second-order valence-corrected chi connectivity index (χ2v) is 6.28. The molecule has 106 valence electrons. The minimum atomic E-state index is 0.391. The van der Waals surface area contributed by atoms with E-state index in [2.05, 4.69) is 38.0 Å². The largest absolute Gasteiger partial charge is 0.376 e. The van der Waals surface area contributed by atoms with E-state index in [1.54, 1.807) is 0 Å². The lowest BCUT2D eigenvalue weighted by atomic mass is 9.81. The third-order valence-electron chi connectivity index (χ3n) is 4.86. The van der Waals surface area contributed by atoms with Gasteiger partial charge in [-0.25, -0.2) is 0 Å². The number of hydrogen-bond donors (Lipinski definition) is 1. The van der Waals surface area contributed by atoms with Gasteiger partial charge in [0, 0.05) is 24.7 Å². The Kier molecular flexibility index (Phi) is 5.05. The van der Waals surface area contributed by atoms with Gasteiger partial charge in [-0.15, -0.1) is 0 Å². The highest BCUT2D eigenvalue weighted by Gasteiger charge is 2.37. The van der Waals surface area contributed by atoms with Gasteiger partial charge in [-0.3, -0.25) is 4.90 Å². The summed E-state index contributed by atoms with van der Waals surface area (Å²) in [7, 11) is 2.12. The average Bonchev–Trinajstić information content (AvgIpc) is 2.38. The lowest BCUT2D eigenvalue weighted by Crippen LogP contribution is -2.60. The van der Waals surface area contributed by atoms with Gasteiger partial charge in [-0.1, -0.05) is 13.8 Å². The number of ether oxygens (including phenoxy) is 1. The van der Waals surface area contributed by atoms with Gasteiger partial charge in [0.15, 0.2) is 0 Å². The molecule has 2 rings (SSSR count). The van der Waals surface area contributed by atoms with Crippen LogP contribution in [0.5, 0.6) is 0 Å². The SMILES string of the molecule is CCC1COC(C)CN1C1CC(C)CCC1NC. The van der Waals surface area contributed by atoms with E-state index >= 15 is 0 Å². The molecule has 1 saturated carbocycles. The van der Waals surface area contributed by atoms with Crippen molar-refractivity contribution in [1.29, 1.82) is 0 Å². The second-order valence-electron chi connectivity index (χ2n) is 6.28. The minimum absolute atomic E-state index is 0.391. The van der Waals surface area contributed by atoms with E-state index in [0.29, 0.717) is 24.2 Å². The van der Waals surface area contributed by atoms with Gasteiger partial charge in [-0.05, 0) is 45.6 Å². The van der Waals surface area contributed by atoms with Crippen LogP contribution in [-0.4, -0.2) is 49.3 Å². The highest BCUT2D eigenvalue weighted by molar-refractivity contribution is 4.94. The van der Waals surface area contributed by atoms with Crippen molar-refractivity contribution in [3.8, 4) is 0 Å². The van der Waals surface area contributed by atoms with E-state index in [9.17, 15) is 0 Å². The van der Waals surface area contributed by atoms with Gasteiger partial charge in [0.25, 0.3) is 0 Å². The molecule has 0 aromatic carbocycles. The molecule has 5 atom stereocenters. The summed E-state index contributed by atoms with van der Waals surface area (Å²) in [6.45, 7) is 8.92. The molecule has 0 bridgehead atoms. The van der Waals surface area contributed by atoms with Gasteiger partial charge >= 0.3 is 0 Å². The fraction of sp³-hybridized carbons (Fsp3) is 1.00. The van der Waals surface area contributed by atoms with E-state index in [4.69, 9.17) is 4.74 Å². The third-order valence-corrected chi connectivity index (χ3v) is 4.86.